The van der Waals surface area contributed by atoms with Crippen LogP contribution in [0, 0.1) is 0 Å². The van der Waals surface area contributed by atoms with Gasteiger partial charge in [-0.2, -0.15) is 0 Å². The molecule has 1 aromatic rings. The first-order valence-electron chi connectivity index (χ1n) is 4.27. The molecule has 0 aliphatic carbocycles. The topological polar surface area (TPSA) is 35.5 Å². The number of hydrogen-bond acceptors (Lipinski definition) is 3. The Balaban J connectivity index is 2.93. The van der Waals surface area contributed by atoms with Gasteiger partial charge in [-0.3, -0.25) is 0 Å². The standard InChI is InChI=1S/C11H11BrO3/c1-14-10(11(13)15-2)7-8-3-5-9(12)6-4-8/h3-7H,1-2H3. The van der Waals surface area contributed by atoms with Crippen LogP contribution in [0.2, 0.25) is 0 Å². The number of esters is 1. The lowest BCUT2D eigenvalue weighted by Gasteiger charge is -2.03. The molecule has 0 N–H and O–H groups in total. The summed E-state index contributed by atoms with van der Waals surface area (Å²) in [5, 5.41) is 0. The number of ether oxygens (including phenoxy) is 2. The van der Waals surface area contributed by atoms with Crippen LogP contribution in [0.15, 0.2) is 34.5 Å². The predicted molar refractivity (Wildman–Crippen MR) is 61.1 cm³/mol. The minimum Gasteiger partial charge on any atom is -0.490 e. The summed E-state index contributed by atoms with van der Waals surface area (Å²) in [7, 11) is 2.75. The van der Waals surface area contributed by atoms with Crippen LogP contribution in [0.25, 0.3) is 6.08 Å². The Morgan fingerprint density at radius 2 is 1.80 bits per heavy atom. The Morgan fingerprint density at radius 1 is 1.20 bits per heavy atom. The lowest BCUT2D eigenvalue weighted by atomic mass is 10.2. The second-order valence-corrected chi connectivity index (χ2v) is 3.67. The molecular formula is C11H11BrO3. The maximum Gasteiger partial charge on any atom is 0.373 e. The molecule has 0 fully saturated rings. The van der Waals surface area contributed by atoms with Gasteiger partial charge in [-0.1, -0.05) is 28.1 Å². The summed E-state index contributed by atoms with van der Waals surface area (Å²) in [6.07, 6.45) is 1.62. The maximum absolute atomic E-state index is 11.2. The van der Waals surface area contributed by atoms with Crippen LogP contribution in [0.4, 0.5) is 0 Å². The second kappa shape index (κ2) is 5.56. The van der Waals surface area contributed by atoms with E-state index in [1.54, 1.807) is 6.08 Å². The van der Waals surface area contributed by atoms with Crippen molar-refractivity contribution in [1.29, 1.82) is 0 Å². The van der Waals surface area contributed by atoms with Crippen molar-refractivity contribution in [2.24, 2.45) is 0 Å². The number of benzene rings is 1. The Morgan fingerprint density at radius 3 is 2.27 bits per heavy atom. The quantitative estimate of drug-likeness (QED) is 0.481. The molecule has 0 aliphatic rings. The highest BCUT2D eigenvalue weighted by atomic mass is 79.9. The summed E-state index contributed by atoms with van der Waals surface area (Å²) in [4.78, 5) is 11.2. The normalized spacial score (nSPS) is 11.0. The smallest absolute Gasteiger partial charge is 0.373 e. The molecule has 1 rings (SSSR count). The minimum absolute atomic E-state index is 0.180. The molecule has 0 bridgehead atoms. The molecular weight excluding hydrogens is 260 g/mol. The van der Waals surface area contributed by atoms with Gasteiger partial charge < -0.3 is 9.47 Å². The monoisotopic (exact) mass is 270 g/mol. The molecule has 0 heterocycles. The van der Waals surface area contributed by atoms with Gasteiger partial charge in [0.05, 0.1) is 14.2 Å². The molecule has 0 radical (unpaired) electrons. The van der Waals surface area contributed by atoms with E-state index in [2.05, 4.69) is 20.7 Å². The summed E-state index contributed by atoms with van der Waals surface area (Å²) in [5.41, 5.74) is 0.875. The first-order chi connectivity index (χ1) is 7.17. The summed E-state index contributed by atoms with van der Waals surface area (Å²) < 4.78 is 10.5. The van der Waals surface area contributed by atoms with Crippen LogP contribution in [0.3, 0.4) is 0 Å². The molecule has 0 aromatic heterocycles. The molecule has 3 nitrogen and oxygen atoms in total. The number of hydrogen-bond donors (Lipinski definition) is 0. The van der Waals surface area contributed by atoms with Gasteiger partial charge in [0.1, 0.15) is 0 Å². The Hall–Kier alpha value is -1.29. The molecule has 1 aromatic carbocycles. The van der Waals surface area contributed by atoms with Crippen molar-refractivity contribution < 1.29 is 14.3 Å². The molecule has 80 valence electrons. The van der Waals surface area contributed by atoms with Gasteiger partial charge in [-0.25, -0.2) is 4.79 Å². The van der Waals surface area contributed by atoms with Crippen molar-refractivity contribution in [1.82, 2.24) is 0 Å². The average molecular weight is 271 g/mol. The third-order valence-corrected chi connectivity index (χ3v) is 2.30. The molecule has 0 amide bonds. The van der Waals surface area contributed by atoms with Crippen LogP contribution >= 0.6 is 15.9 Å². The van der Waals surface area contributed by atoms with Gasteiger partial charge in [0, 0.05) is 4.47 Å². The van der Waals surface area contributed by atoms with E-state index in [1.165, 1.54) is 14.2 Å². The zero-order chi connectivity index (χ0) is 11.3. The third-order valence-electron chi connectivity index (χ3n) is 1.77. The largest absolute Gasteiger partial charge is 0.490 e. The molecule has 0 saturated carbocycles. The van der Waals surface area contributed by atoms with E-state index in [9.17, 15) is 4.79 Å². The summed E-state index contributed by atoms with van der Waals surface area (Å²) in [6, 6.07) is 7.50. The van der Waals surface area contributed by atoms with Gasteiger partial charge in [0.2, 0.25) is 5.76 Å². The summed E-state index contributed by atoms with van der Waals surface area (Å²) in [6.45, 7) is 0. The molecule has 0 aliphatic heterocycles. The van der Waals surface area contributed by atoms with Crippen molar-refractivity contribution in [2.75, 3.05) is 14.2 Å². The van der Waals surface area contributed by atoms with Crippen molar-refractivity contribution in [2.45, 2.75) is 0 Å². The summed E-state index contributed by atoms with van der Waals surface area (Å²) >= 11 is 3.33. The lowest BCUT2D eigenvalue weighted by molar-refractivity contribution is -0.139. The predicted octanol–water partition coefficient (Wildman–Crippen LogP) is 2.61. The Kier molecular flexibility index (Phi) is 4.37. The van der Waals surface area contributed by atoms with E-state index in [4.69, 9.17) is 4.74 Å². The van der Waals surface area contributed by atoms with Gasteiger partial charge in [-0.15, -0.1) is 0 Å². The number of carbonyl (C=O) groups is 1. The second-order valence-electron chi connectivity index (χ2n) is 2.76. The zero-order valence-corrected chi connectivity index (χ0v) is 10.1. The van der Waals surface area contributed by atoms with Crippen LogP contribution < -0.4 is 0 Å². The fourth-order valence-electron chi connectivity index (χ4n) is 1.01. The van der Waals surface area contributed by atoms with Crippen LogP contribution in [-0.4, -0.2) is 20.2 Å². The minimum atomic E-state index is -0.486. The summed E-state index contributed by atoms with van der Waals surface area (Å²) in [5.74, 6) is -0.305. The highest BCUT2D eigenvalue weighted by molar-refractivity contribution is 9.10. The van der Waals surface area contributed by atoms with Crippen LogP contribution in [-0.2, 0) is 14.3 Å². The molecule has 15 heavy (non-hydrogen) atoms. The van der Waals surface area contributed by atoms with E-state index in [0.29, 0.717) is 0 Å². The van der Waals surface area contributed by atoms with Crippen molar-refractivity contribution in [3.05, 3.63) is 40.1 Å². The number of carbonyl (C=O) groups excluding carboxylic acids is 1. The molecule has 0 spiro atoms. The van der Waals surface area contributed by atoms with Crippen LogP contribution in [0.5, 0.6) is 0 Å². The van der Waals surface area contributed by atoms with E-state index < -0.39 is 5.97 Å². The Labute approximate surface area is 96.8 Å². The first-order valence-corrected chi connectivity index (χ1v) is 5.06. The van der Waals surface area contributed by atoms with Crippen molar-refractivity contribution in [3.63, 3.8) is 0 Å². The first kappa shape index (κ1) is 11.8. The fraction of sp³-hybridized carbons (Fsp3) is 0.182. The number of halogens is 1. The van der Waals surface area contributed by atoms with E-state index >= 15 is 0 Å². The highest BCUT2D eigenvalue weighted by Crippen LogP contribution is 2.13. The zero-order valence-electron chi connectivity index (χ0n) is 8.49. The highest BCUT2D eigenvalue weighted by Gasteiger charge is 2.08. The molecule has 0 unspecified atom stereocenters. The average Bonchev–Trinajstić information content (AvgIpc) is 2.27. The third kappa shape index (κ3) is 3.40. The maximum atomic E-state index is 11.2. The molecule has 4 heteroatoms. The molecule has 0 saturated heterocycles. The number of methoxy groups -OCH3 is 2. The molecule has 0 atom stereocenters. The SMILES string of the molecule is COC(=O)C(=Cc1ccc(Br)cc1)OC. The van der Waals surface area contributed by atoms with Crippen LogP contribution in [0.1, 0.15) is 5.56 Å². The van der Waals surface area contributed by atoms with Gasteiger partial charge >= 0.3 is 5.97 Å². The fourth-order valence-corrected chi connectivity index (χ4v) is 1.28. The van der Waals surface area contributed by atoms with E-state index in [1.807, 2.05) is 24.3 Å². The van der Waals surface area contributed by atoms with Gasteiger partial charge in [0.15, 0.2) is 0 Å². The van der Waals surface area contributed by atoms with Crippen molar-refractivity contribution >= 4 is 28.0 Å². The lowest BCUT2D eigenvalue weighted by Crippen LogP contribution is -2.05. The van der Waals surface area contributed by atoms with E-state index in [0.717, 1.165) is 10.0 Å². The van der Waals surface area contributed by atoms with Gasteiger partial charge in [0.25, 0.3) is 0 Å². The number of rotatable bonds is 3. The van der Waals surface area contributed by atoms with Gasteiger partial charge in [-0.05, 0) is 23.8 Å². The van der Waals surface area contributed by atoms with Crippen molar-refractivity contribution in [3.8, 4) is 0 Å². The Bertz CT molecular complexity index is 368. The van der Waals surface area contributed by atoms with E-state index in [-0.39, 0.29) is 5.76 Å².